The molecule has 0 bridgehead atoms. The second kappa shape index (κ2) is 4.87. The standard InChI is InChI=1S/C14H23N3O2/c1-13(6-4-5-9-18-13)11-16-12(19-17-11)14(10-15)7-2-3-8-14/h2-10,15H2,1H3. The van der Waals surface area contributed by atoms with Gasteiger partial charge in [-0.3, -0.25) is 0 Å². The number of nitrogens with two attached hydrogens (primary N) is 1. The first kappa shape index (κ1) is 13.1. The van der Waals surface area contributed by atoms with Gasteiger partial charge in [0.15, 0.2) is 0 Å². The summed E-state index contributed by atoms with van der Waals surface area (Å²) in [5.41, 5.74) is 5.49. The van der Waals surface area contributed by atoms with Crippen LogP contribution in [0.15, 0.2) is 4.52 Å². The summed E-state index contributed by atoms with van der Waals surface area (Å²) in [6.45, 7) is 3.43. The van der Waals surface area contributed by atoms with Crippen LogP contribution in [-0.2, 0) is 15.8 Å². The lowest BCUT2D eigenvalue weighted by molar-refractivity contribution is -0.0770. The van der Waals surface area contributed by atoms with E-state index >= 15 is 0 Å². The van der Waals surface area contributed by atoms with E-state index in [4.69, 9.17) is 15.0 Å². The number of nitrogens with zero attached hydrogens (tertiary/aromatic N) is 2. The van der Waals surface area contributed by atoms with Gasteiger partial charge >= 0.3 is 0 Å². The van der Waals surface area contributed by atoms with Crippen LogP contribution in [0.1, 0.15) is 63.6 Å². The van der Waals surface area contributed by atoms with E-state index in [0.717, 1.165) is 44.6 Å². The zero-order chi connectivity index (χ0) is 13.3. The highest BCUT2D eigenvalue weighted by atomic mass is 16.5. The van der Waals surface area contributed by atoms with E-state index in [0.29, 0.717) is 12.4 Å². The van der Waals surface area contributed by atoms with Gasteiger partial charge < -0.3 is 15.0 Å². The normalized spacial score (nSPS) is 30.6. The molecule has 1 aliphatic carbocycles. The Morgan fingerprint density at radius 2 is 1.89 bits per heavy atom. The molecule has 1 aromatic rings. The van der Waals surface area contributed by atoms with Crippen molar-refractivity contribution in [3.63, 3.8) is 0 Å². The van der Waals surface area contributed by atoms with Crippen molar-refractivity contribution < 1.29 is 9.26 Å². The molecule has 2 N–H and O–H groups in total. The molecule has 1 unspecified atom stereocenters. The molecule has 1 aromatic heterocycles. The Morgan fingerprint density at radius 1 is 1.16 bits per heavy atom. The summed E-state index contributed by atoms with van der Waals surface area (Å²) >= 11 is 0. The zero-order valence-corrected chi connectivity index (χ0v) is 11.7. The molecule has 2 heterocycles. The SMILES string of the molecule is CC1(c2noc(C3(CN)CCCC3)n2)CCCCO1. The van der Waals surface area contributed by atoms with E-state index in [1.54, 1.807) is 0 Å². The molecule has 1 saturated carbocycles. The van der Waals surface area contributed by atoms with Crippen LogP contribution >= 0.6 is 0 Å². The predicted octanol–water partition coefficient (Wildman–Crippen LogP) is 2.26. The first-order chi connectivity index (χ1) is 9.19. The fraction of sp³-hybridized carbons (Fsp3) is 0.857. The predicted molar refractivity (Wildman–Crippen MR) is 70.7 cm³/mol. The minimum Gasteiger partial charge on any atom is -0.367 e. The molecule has 1 aliphatic heterocycles. The molecule has 5 heteroatoms. The summed E-state index contributed by atoms with van der Waals surface area (Å²) in [7, 11) is 0. The molecular formula is C14H23N3O2. The third kappa shape index (κ3) is 2.19. The zero-order valence-electron chi connectivity index (χ0n) is 11.7. The molecule has 1 atom stereocenters. The average molecular weight is 265 g/mol. The van der Waals surface area contributed by atoms with Crippen molar-refractivity contribution in [2.45, 2.75) is 62.9 Å². The lowest BCUT2D eigenvalue weighted by Crippen LogP contribution is -2.34. The van der Waals surface area contributed by atoms with Gasteiger partial charge in [0.05, 0.1) is 5.41 Å². The van der Waals surface area contributed by atoms with E-state index in [-0.39, 0.29) is 11.0 Å². The summed E-state index contributed by atoms with van der Waals surface area (Å²) in [5.74, 6) is 1.42. The molecule has 1 saturated heterocycles. The van der Waals surface area contributed by atoms with Crippen LogP contribution < -0.4 is 5.73 Å². The minimum absolute atomic E-state index is 0.0870. The van der Waals surface area contributed by atoms with Crippen LogP contribution in [0, 0.1) is 0 Å². The van der Waals surface area contributed by atoms with Crippen LogP contribution in [0.25, 0.3) is 0 Å². The van der Waals surface area contributed by atoms with Gasteiger partial charge in [-0.25, -0.2) is 0 Å². The Morgan fingerprint density at radius 3 is 2.53 bits per heavy atom. The van der Waals surface area contributed by atoms with Crippen molar-refractivity contribution >= 4 is 0 Å². The van der Waals surface area contributed by atoms with Crippen molar-refractivity contribution in [3.05, 3.63) is 11.7 Å². The van der Waals surface area contributed by atoms with Gasteiger partial charge in [0, 0.05) is 13.2 Å². The van der Waals surface area contributed by atoms with E-state index in [1.165, 1.54) is 12.8 Å². The number of aromatic nitrogens is 2. The Kier molecular flexibility index (Phi) is 3.35. The second-order valence-corrected chi connectivity index (χ2v) is 6.15. The van der Waals surface area contributed by atoms with Gasteiger partial charge in [0.25, 0.3) is 0 Å². The average Bonchev–Trinajstić information content (AvgIpc) is 3.09. The van der Waals surface area contributed by atoms with Crippen LogP contribution in [0.3, 0.4) is 0 Å². The molecule has 19 heavy (non-hydrogen) atoms. The molecule has 0 amide bonds. The summed E-state index contributed by atoms with van der Waals surface area (Å²) in [5, 5.41) is 4.18. The van der Waals surface area contributed by atoms with Crippen molar-refractivity contribution in [1.29, 1.82) is 0 Å². The van der Waals surface area contributed by atoms with Crippen molar-refractivity contribution in [3.8, 4) is 0 Å². The molecule has 2 aliphatic rings. The molecular weight excluding hydrogens is 242 g/mol. The first-order valence-electron chi connectivity index (χ1n) is 7.37. The highest BCUT2D eigenvalue weighted by molar-refractivity contribution is 5.11. The molecule has 0 spiro atoms. The summed E-state index contributed by atoms with van der Waals surface area (Å²) in [6.07, 6.45) is 7.74. The van der Waals surface area contributed by atoms with E-state index in [1.807, 2.05) is 0 Å². The second-order valence-electron chi connectivity index (χ2n) is 6.15. The Labute approximate surface area is 113 Å². The van der Waals surface area contributed by atoms with Gasteiger partial charge in [-0.2, -0.15) is 4.98 Å². The third-order valence-electron chi connectivity index (χ3n) is 4.77. The monoisotopic (exact) mass is 265 g/mol. The van der Waals surface area contributed by atoms with E-state index < -0.39 is 0 Å². The third-order valence-corrected chi connectivity index (χ3v) is 4.77. The van der Waals surface area contributed by atoms with Gasteiger partial charge in [0.2, 0.25) is 11.7 Å². The quantitative estimate of drug-likeness (QED) is 0.907. The maximum Gasteiger partial charge on any atom is 0.234 e. The van der Waals surface area contributed by atoms with Gasteiger partial charge in [-0.15, -0.1) is 0 Å². The maximum absolute atomic E-state index is 5.96. The molecule has 3 rings (SSSR count). The maximum atomic E-state index is 5.96. The van der Waals surface area contributed by atoms with Gasteiger partial charge in [0.1, 0.15) is 5.60 Å². The van der Waals surface area contributed by atoms with Crippen LogP contribution in [0.5, 0.6) is 0 Å². The van der Waals surface area contributed by atoms with Crippen LogP contribution in [-0.4, -0.2) is 23.3 Å². The number of rotatable bonds is 3. The molecule has 0 aromatic carbocycles. The van der Waals surface area contributed by atoms with Gasteiger partial charge in [-0.1, -0.05) is 18.0 Å². The lowest BCUT2D eigenvalue weighted by Gasteiger charge is -2.30. The largest absolute Gasteiger partial charge is 0.367 e. The summed E-state index contributed by atoms with van der Waals surface area (Å²) in [6, 6.07) is 0. The molecule has 2 fully saturated rings. The van der Waals surface area contributed by atoms with Gasteiger partial charge in [-0.05, 0) is 39.0 Å². The summed E-state index contributed by atoms with van der Waals surface area (Å²) < 4.78 is 11.4. The lowest BCUT2D eigenvalue weighted by atomic mass is 9.86. The molecule has 106 valence electrons. The fourth-order valence-corrected chi connectivity index (χ4v) is 3.32. The number of hydrogen-bond donors (Lipinski definition) is 1. The highest BCUT2D eigenvalue weighted by Crippen LogP contribution is 2.41. The van der Waals surface area contributed by atoms with Crippen molar-refractivity contribution in [1.82, 2.24) is 10.1 Å². The minimum atomic E-state index is -0.381. The molecule has 0 radical (unpaired) electrons. The summed E-state index contributed by atoms with van der Waals surface area (Å²) in [4.78, 5) is 4.65. The van der Waals surface area contributed by atoms with Crippen molar-refractivity contribution in [2.24, 2.45) is 5.73 Å². The van der Waals surface area contributed by atoms with Crippen LogP contribution in [0.4, 0.5) is 0 Å². The topological polar surface area (TPSA) is 74.2 Å². The Hall–Kier alpha value is -0.940. The smallest absolute Gasteiger partial charge is 0.234 e. The Balaban J connectivity index is 1.86. The Bertz CT molecular complexity index is 432. The van der Waals surface area contributed by atoms with Crippen molar-refractivity contribution in [2.75, 3.05) is 13.2 Å². The highest BCUT2D eigenvalue weighted by Gasteiger charge is 2.42. The first-order valence-corrected chi connectivity index (χ1v) is 7.37. The molecule has 5 nitrogen and oxygen atoms in total. The van der Waals surface area contributed by atoms with E-state index in [2.05, 4.69) is 17.1 Å². The fourth-order valence-electron chi connectivity index (χ4n) is 3.32. The van der Waals surface area contributed by atoms with E-state index in [9.17, 15) is 0 Å². The number of ether oxygens (including phenoxy) is 1. The van der Waals surface area contributed by atoms with Crippen LogP contribution in [0.2, 0.25) is 0 Å². The number of hydrogen-bond acceptors (Lipinski definition) is 5.